The van der Waals surface area contributed by atoms with Crippen molar-refractivity contribution >= 4 is 17.5 Å². The molecule has 0 aliphatic rings. The van der Waals surface area contributed by atoms with E-state index < -0.39 is 0 Å². The predicted molar refractivity (Wildman–Crippen MR) is 119 cm³/mol. The smallest absolute Gasteiger partial charge is 0.258 e. The first kappa shape index (κ1) is 22.4. The zero-order valence-corrected chi connectivity index (χ0v) is 18.4. The van der Waals surface area contributed by atoms with Crippen LogP contribution in [0.1, 0.15) is 11.1 Å². The molecule has 8 heteroatoms. The van der Waals surface area contributed by atoms with Crippen LogP contribution in [0.2, 0.25) is 5.02 Å². The van der Waals surface area contributed by atoms with Crippen LogP contribution in [-0.2, 0) is 4.79 Å². The molecule has 0 radical (unpaired) electrons. The molecule has 2 aromatic carbocycles. The van der Waals surface area contributed by atoms with E-state index in [0.29, 0.717) is 23.2 Å². The number of benzene rings is 2. The largest absolute Gasteiger partial charge is 0.497 e. The summed E-state index contributed by atoms with van der Waals surface area (Å²) >= 11 is 6.14. The highest BCUT2D eigenvalue weighted by Gasteiger charge is 2.07. The van der Waals surface area contributed by atoms with Crippen LogP contribution in [0.25, 0.3) is 11.3 Å². The topological polar surface area (TPSA) is 82.6 Å². The Labute approximate surface area is 186 Å². The van der Waals surface area contributed by atoms with Crippen LogP contribution in [0.4, 0.5) is 0 Å². The number of nitrogens with one attached hydrogen (secondary N) is 1. The van der Waals surface area contributed by atoms with Crippen molar-refractivity contribution in [2.24, 2.45) is 0 Å². The van der Waals surface area contributed by atoms with Crippen molar-refractivity contribution in [2.45, 2.75) is 13.8 Å². The lowest BCUT2D eigenvalue weighted by atomic mass is 10.1. The molecular weight excluding hydrogens is 418 g/mol. The monoisotopic (exact) mass is 441 g/mol. The van der Waals surface area contributed by atoms with E-state index >= 15 is 0 Å². The van der Waals surface area contributed by atoms with Gasteiger partial charge in [0, 0.05) is 16.7 Å². The fraction of sp³-hybridized carbons (Fsp3) is 0.261. The molecule has 0 spiro atoms. The first-order chi connectivity index (χ1) is 15.0. The van der Waals surface area contributed by atoms with Gasteiger partial charge < -0.3 is 19.5 Å². The fourth-order valence-electron chi connectivity index (χ4n) is 2.85. The summed E-state index contributed by atoms with van der Waals surface area (Å²) < 4.78 is 16.2. The molecule has 0 aliphatic heterocycles. The molecule has 1 N–H and O–H groups in total. The Kier molecular flexibility index (Phi) is 7.67. The van der Waals surface area contributed by atoms with Crippen molar-refractivity contribution in [3.8, 4) is 28.6 Å². The third kappa shape index (κ3) is 6.33. The van der Waals surface area contributed by atoms with Gasteiger partial charge in [0.25, 0.3) is 5.91 Å². The van der Waals surface area contributed by atoms with Gasteiger partial charge in [-0.15, -0.1) is 10.2 Å². The number of ether oxygens (including phenoxy) is 3. The maximum absolute atomic E-state index is 12.0. The maximum atomic E-state index is 12.0. The number of aryl methyl sites for hydroxylation is 2. The first-order valence-corrected chi connectivity index (χ1v) is 10.1. The van der Waals surface area contributed by atoms with Gasteiger partial charge in [-0.3, -0.25) is 4.79 Å². The van der Waals surface area contributed by atoms with Crippen LogP contribution in [0.15, 0.2) is 48.5 Å². The highest BCUT2D eigenvalue weighted by molar-refractivity contribution is 6.32. The summed E-state index contributed by atoms with van der Waals surface area (Å²) in [5, 5.41) is 11.7. The molecule has 0 bridgehead atoms. The number of rotatable bonds is 9. The molecule has 0 saturated carbocycles. The van der Waals surface area contributed by atoms with E-state index in [-0.39, 0.29) is 19.1 Å². The summed E-state index contributed by atoms with van der Waals surface area (Å²) in [6.45, 7) is 4.29. The molecule has 0 fully saturated rings. The molecule has 0 aliphatic carbocycles. The number of hydrogen-bond acceptors (Lipinski definition) is 6. The summed E-state index contributed by atoms with van der Waals surface area (Å²) in [4.78, 5) is 12.0. The lowest BCUT2D eigenvalue weighted by Gasteiger charge is -2.10. The van der Waals surface area contributed by atoms with E-state index in [1.165, 1.54) is 0 Å². The second-order valence-corrected chi connectivity index (χ2v) is 7.22. The van der Waals surface area contributed by atoms with Gasteiger partial charge >= 0.3 is 0 Å². The van der Waals surface area contributed by atoms with Gasteiger partial charge in [0.2, 0.25) is 5.88 Å². The number of carbonyl (C=O) groups excluding carboxylic acids is 1. The van der Waals surface area contributed by atoms with Crippen molar-refractivity contribution in [1.29, 1.82) is 0 Å². The van der Waals surface area contributed by atoms with Gasteiger partial charge in [0.05, 0.1) is 19.3 Å². The van der Waals surface area contributed by atoms with Gasteiger partial charge in [-0.2, -0.15) is 0 Å². The molecule has 31 heavy (non-hydrogen) atoms. The van der Waals surface area contributed by atoms with Crippen molar-refractivity contribution in [1.82, 2.24) is 15.5 Å². The van der Waals surface area contributed by atoms with Crippen LogP contribution < -0.4 is 19.5 Å². The first-order valence-electron chi connectivity index (χ1n) is 9.73. The molecule has 3 aromatic rings. The normalized spacial score (nSPS) is 10.5. The van der Waals surface area contributed by atoms with E-state index in [9.17, 15) is 4.79 Å². The van der Waals surface area contributed by atoms with E-state index in [4.69, 9.17) is 25.8 Å². The second kappa shape index (κ2) is 10.6. The lowest BCUT2D eigenvalue weighted by molar-refractivity contribution is -0.123. The van der Waals surface area contributed by atoms with E-state index in [2.05, 4.69) is 15.5 Å². The minimum absolute atomic E-state index is 0.0864. The molecule has 0 unspecified atom stereocenters. The minimum atomic E-state index is -0.241. The molecule has 1 amide bonds. The molecule has 0 saturated heterocycles. The Morgan fingerprint density at radius 3 is 2.29 bits per heavy atom. The van der Waals surface area contributed by atoms with Crippen LogP contribution >= 0.6 is 11.6 Å². The Bertz CT molecular complexity index is 1000. The second-order valence-electron chi connectivity index (χ2n) is 6.84. The molecule has 0 atom stereocenters. The molecule has 1 aromatic heterocycles. The van der Waals surface area contributed by atoms with Crippen LogP contribution in [-0.4, -0.2) is 43.0 Å². The van der Waals surface area contributed by atoms with Crippen molar-refractivity contribution in [3.63, 3.8) is 0 Å². The number of carbonyl (C=O) groups is 1. The summed E-state index contributed by atoms with van der Waals surface area (Å²) in [6.07, 6.45) is 0. The SMILES string of the molecule is COc1ccc(-c2ccc(OCCNC(=O)COc3cc(C)c(Cl)c(C)c3)nn2)cc1. The highest BCUT2D eigenvalue weighted by Crippen LogP contribution is 2.25. The number of halogens is 1. The summed E-state index contributed by atoms with van der Waals surface area (Å²) in [7, 11) is 1.62. The van der Waals surface area contributed by atoms with Gasteiger partial charge in [0.1, 0.15) is 18.1 Å². The lowest BCUT2D eigenvalue weighted by Crippen LogP contribution is -2.32. The van der Waals surface area contributed by atoms with Crippen molar-refractivity contribution in [3.05, 3.63) is 64.7 Å². The van der Waals surface area contributed by atoms with Gasteiger partial charge in [0.15, 0.2) is 6.61 Å². The Morgan fingerprint density at radius 2 is 1.68 bits per heavy atom. The van der Waals surface area contributed by atoms with Crippen molar-refractivity contribution < 1.29 is 19.0 Å². The molecule has 1 heterocycles. The quantitative estimate of drug-likeness (QED) is 0.505. The maximum Gasteiger partial charge on any atom is 0.258 e. The molecule has 162 valence electrons. The molecular formula is C23H24ClN3O4. The fourth-order valence-corrected chi connectivity index (χ4v) is 2.96. The standard InChI is InChI=1S/C23H24ClN3O4/c1-15-12-19(13-16(2)23(15)24)31-14-21(28)25-10-11-30-22-9-8-20(26-27-22)17-4-6-18(29-3)7-5-17/h4-9,12-13H,10-11,14H2,1-3H3,(H,25,28). The number of hydrogen-bond donors (Lipinski definition) is 1. The number of aromatic nitrogens is 2. The van der Waals surface area contributed by atoms with E-state index in [0.717, 1.165) is 28.1 Å². The number of methoxy groups -OCH3 is 1. The van der Waals surface area contributed by atoms with Crippen LogP contribution in [0, 0.1) is 13.8 Å². The average Bonchev–Trinajstić information content (AvgIpc) is 2.79. The van der Waals surface area contributed by atoms with Gasteiger partial charge in [-0.05, 0) is 67.4 Å². The zero-order chi connectivity index (χ0) is 22.2. The Morgan fingerprint density at radius 1 is 0.968 bits per heavy atom. The third-order valence-electron chi connectivity index (χ3n) is 4.48. The number of amides is 1. The Hall–Kier alpha value is -3.32. The van der Waals surface area contributed by atoms with E-state index in [1.54, 1.807) is 25.3 Å². The average molecular weight is 442 g/mol. The van der Waals surface area contributed by atoms with E-state index in [1.807, 2.05) is 44.2 Å². The number of nitrogens with zero attached hydrogens (tertiary/aromatic N) is 2. The third-order valence-corrected chi connectivity index (χ3v) is 5.08. The summed E-state index contributed by atoms with van der Waals surface area (Å²) in [5.41, 5.74) is 3.47. The Balaban J connectivity index is 1.39. The highest BCUT2D eigenvalue weighted by atomic mass is 35.5. The molecule has 3 rings (SSSR count). The van der Waals surface area contributed by atoms with Gasteiger partial charge in [-0.1, -0.05) is 11.6 Å². The van der Waals surface area contributed by atoms with Crippen LogP contribution in [0.5, 0.6) is 17.4 Å². The van der Waals surface area contributed by atoms with Gasteiger partial charge in [-0.25, -0.2) is 0 Å². The molecule has 7 nitrogen and oxygen atoms in total. The minimum Gasteiger partial charge on any atom is -0.497 e. The van der Waals surface area contributed by atoms with Crippen molar-refractivity contribution in [2.75, 3.05) is 26.9 Å². The summed E-state index contributed by atoms with van der Waals surface area (Å²) in [6, 6.07) is 14.7. The van der Waals surface area contributed by atoms with Crippen LogP contribution in [0.3, 0.4) is 0 Å². The summed E-state index contributed by atoms with van der Waals surface area (Å²) in [5.74, 6) is 1.53. The zero-order valence-electron chi connectivity index (χ0n) is 17.6. The predicted octanol–water partition coefficient (Wildman–Crippen LogP) is 4.00.